The first-order valence-electron chi connectivity index (χ1n) is 6.41. The van der Waals surface area contributed by atoms with Crippen LogP contribution in [0.5, 0.6) is 0 Å². The van der Waals surface area contributed by atoms with Gasteiger partial charge in [0.1, 0.15) is 0 Å². The average molecular weight is 243 g/mol. The van der Waals surface area contributed by atoms with Crippen molar-refractivity contribution in [3.8, 4) is 0 Å². The molecule has 2 nitrogen and oxygen atoms in total. The zero-order chi connectivity index (χ0) is 11.2. The number of halogens is 1. The molecule has 4 aliphatic carbocycles. The summed E-state index contributed by atoms with van der Waals surface area (Å²) in [5.74, 6) is 2.61. The quantitative estimate of drug-likeness (QED) is 0.561. The summed E-state index contributed by atoms with van der Waals surface area (Å²) in [6, 6.07) is 0.00516. The molecule has 0 heterocycles. The first kappa shape index (κ1) is 10.9. The molecule has 0 saturated heterocycles. The van der Waals surface area contributed by atoms with Crippen molar-refractivity contribution in [2.75, 3.05) is 6.07 Å². The Balaban J connectivity index is 1.71. The molecule has 4 bridgehead atoms. The van der Waals surface area contributed by atoms with Crippen LogP contribution in [0.3, 0.4) is 0 Å². The zero-order valence-electron chi connectivity index (χ0n) is 9.58. The van der Waals surface area contributed by atoms with Gasteiger partial charge in [-0.25, -0.2) is 0 Å². The molecule has 0 unspecified atom stereocenters. The van der Waals surface area contributed by atoms with Crippen molar-refractivity contribution in [1.82, 2.24) is 0 Å². The molecule has 16 heavy (non-hydrogen) atoms. The lowest BCUT2D eigenvalue weighted by atomic mass is 9.49. The number of hydrogen-bond donors (Lipinski definition) is 0. The molecule has 0 aromatic heterocycles. The maximum Gasteiger partial charge on any atom is 0.307 e. The fourth-order valence-electron chi connectivity index (χ4n) is 4.92. The Morgan fingerprint density at radius 1 is 1.12 bits per heavy atom. The molecule has 4 fully saturated rings. The van der Waals surface area contributed by atoms with E-state index < -0.39 is 0 Å². The van der Waals surface area contributed by atoms with Gasteiger partial charge in [-0.3, -0.25) is 4.79 Å². The SMILES string of the molecule is O=C(CC12CC3CC(CC(C3)C1)C2)OCCl. The van der Waals surface area contributed by atoms with Crippen molar-refractivity contribution in [3.63, 3.8) is 0 Å². The maximum atomic E-state index is 11.6. The lowest BCUT2D eigenvalue weighted by Crippen LogP contribution is -2.47. The lowest BCUT2D eigenvalue weighted by molar-refractivity contribution is -0.149. The standard InChI is InChI=1S/C13H19ClO2/c14-8-16-12(15)7-13-4-9-1-10(5-13)3-11(2-9)6-13/h9-11H,1-8H2. The van der Waals surface area contributed by atoms with E-state index in [-0.39, 0.29) is 17.5 Å². The Morgan fingerprint density at radius 3 is 2.06 bits per heavy atom. The largest absolute Gasteiger partial charge is 0.449 e. The molecule has 4 aliphatic rings. The first-order valence-corrected chi connectivity index (χ1v) is 6.94. The number of ether oxygens (including phenoxy) is 1. The Morgan fingerprint density at radius 2 is 1.62 bits per heavy atom. The van der Waals surface area contributed by atoms with E-state index in [1.165, 1.54) is 38.5 Å². The first-order chi connectivity index (χ1) is 7.69. The average Bonchev–Trinajstić information content (AvgIpc) is 2.13. The molecular formula is C13H19ClO2. The molecule has 0 radical (unpaired) electrons. The fraction of sp³-hybridized carbons (Fsp3) is 0.923. The zero-order valence-corrected chi connectivity index (χ0v) is 10.3. The van der Waals surface area contributed by atoms with E-state index in [1.54, 1.807) is 0 Å². The number of esters is 1. The molecule has 0 aromatic carbocycles. The summed E-state index contributed by atoms with van der Waals surface area (Å²) < 4.78 is 4.91. The normalized spacial score (nSPS) is 44.7. The van der Waals surface area contributed by atoms with Crippen LogP contribution in [0.1, 0.15) is 44.9 Å². The Bertz CT molecular complexity index is 265. The highest BCUT2D eigenvalue weighted by Gasteiger charge is 2.51. The summed E-state index contributed by atoms with van der Waals surface area (Å²) in [4.78, 5) is 11.6. The molecule has 90 valence electrons. The molecular weight excluding hydrogens is 224 g/mol. The number of carbonyl (C=O) groups excluding carboxylic acids is 1. The Hall–Kier alpha value is -0.240. The van der Waals surface area contributed by atoms with E-state index in [2.05, 4.69) is 0 Å². The maximum absolute atomic E-state index is 11.6. The van der Waals surface area contributed by atoms with Gasteiger partial charge in [0, 0.05) is 0 Å². The van der Waals surface area contributed by atoms with Crippen molar-refractivity contribution < 1.29 is 9.53 Å². The van der Waals surface area contributed by atoms with Crippen LogP contribution in [0.15, 0.2) is 0 Å². The van der Waals surface area contributed by atoms with Crippen LogP contribution in [0.25, 0.3) is 0 Å². The van der Waals surface area contributed by atoms with Gasteiger partial charge in [-0.1, -0.05) is 11.6 Å². The summed E-state index contributed by atoms with van der Waals surface area (Å²) in [6.07, 6.45) is 8.66. The summed E-state index contributed by atoms with van der Waals surface area (Å²) in [7, 11) is 0. The van der Waals surface area contributed by atoms with E-state index in [0.29, 0.717) is 6.42 Å². The van der Waals surface area contributed by atoms with Crippen molar-refractivity contribution >= 4 is 17.6 Å². The molecule has 0 aliphatic heterocycles. The molecule has 0 amide bonds. The second-order valence-corrected chi connectivity index (χ2v) is 6.44. The van der Waals surface area contributed by atoms with Gasteiger partial charge in [-0.05, 0) is 61.7 Å². The second kappa shape index (κ2) is 3.90. The molecule has 0 aromatic rings. The van der Waals surface area contributed by atoms with Crippen molar-refractivity contribution in [3.05, 3.63) is 0 Å². The highest BCUT2D eigenvalue weighted by molar-refractivity contribution is 6.17. The number of alkyl halides is 1. The van der Waals surface area contributed by atoms with Gasteiger partial charge in [0.2, 0.25) is 0 Å². The summed E-state index contributed by atoms with van der Waals surface area (Å²) in [5, 5.41) is 0. The molecule has 3 heteroatoms. The molecule has 4 rings (SSSR count). The van der Waals surface area contributed by atoms with Crippen LogP contribution in [-0.4, -0.2) is 12.0 Å². The van der Waals surface area contributed by atoms with Gasteiger partial charge in [-0.15, -0.1) is 0 Å². The van der Waals surface area contributed by atoms with Crippen LogP contribution in [0.2, 0.25) is 0 Å². The highest BCUT2D eigenvalue weighted by atomic mass is 35.5. The minimum absolute atomic E-state index is 0.00516. The number of hydrogen-bond acceptors (Lipinski definition) is 2. The third-order valence-electron chi connectivity index (χ3n) is 4.90. The van der Waals surface area contributed by atoms with Crippen molar-refractivity contribution in [2.45, 2.75) is 44.9 Å². The van der Waals surface area contributed by atoms with E-state index >= 15 is 0 Å². The van der Waals surface area contributed by atoms with Gasteiger partial charge < -0.3 is 4.74 Å². The van der Waals surface area contributed by atoms with Crippen LogP contribution in [0.4, 0.5) is 0 Å². The van der Waals surface area contributed by atoms with Crippen LogP contribution in [0, 0.1) is 23.2 Å². The fourth-order valence-corrected chi connectivity index (χ4v) is 5.05. The third kappa shape index (κ3) is 1.85. The highest BCUT2D eigenvalue weighted by Crippen LogP contribution is 2.61. The monoisotopic (exact) mass is 242 g/mol. The van der Waals surface area contributed by atoms with Crippen molar-refractivity contribution in [1.29, 1.82) is 0 Å². The van der Waals surface area contributed by atoms with E-state index in [9.17, 15) is 4.79 Å². The Labute approximate surface area is 102 Å². The number of carbonyl (C=O) groups is 1. The molecule has 0 spiro atoms. The van der Waals surface area contributed by atoms with Crippen molar-refractivity contribution in [2.24, 2.45) is 23.2 Å². The van der Waals surface area contributed by atoms with Crippen LogP contribution < -0.4 is 0 Å². The molecule has 4 saturated carbocycles. The molecule has 0 N–H and O–H groups in total. The van der Waals surface area contributed by atoms with E-state index in [4.69, 9.17) is 16.3 Å². The number of rotatable bonds is 3. The summed E-state index contributed by atoms with van der Waals surface area (Å²) in [6.45, 7) is 0. The third-order valence-corrected chi connectivity index (χ3v) is 5.01. The smallest absolute Gasteiger partial charge is 0.307 e. The summed E-state index contributed by atoms with van der Waals surface area (Å²) in [5.41, 5.74) is 0.290. The topological polar surface area (TPSA) is 26.3 Å². The van der Waals surface area contributed by atoms with Gasteiger partial charge in [0.15, 0.2) is 6.07 Å². The van der Waals surface area contributed by atoms with Gasteiger partial charge >= 0.3 is 5.97 Å². The van der Waals surface area contributed by atoms with Crippen LogP contribution in [-0.2, 0) is 9.53 Å². The van der Waals surface area contributed by atoms with E-state index in [1.807, 2.05) is 0 Å². The molecule has 0 atom stereocenters. The minimum Gasteiger partial charge on any atom is -0.449 e. The van der Waals surface area contributed by atoms with Gasteiger partial charge in [0.25, 0.3) is 0 Å². The second-order valence-electron chi connectivity index (χ2n) is 6.22. The van der Waals surface area contributed by atoms with Gasteiger partial charge in [0.05, 0.1) is 6.42 Å². The Kier molecular flexibility index (Phi) is 2.66. The lowest BCUT2D eigenvalue weighted by Gasteiger charge is -2.56. The predicted octanol–water partition coefficient (Wildman–Crippen LogP) is 3.33. The predicted molar refractivity (Wildman–Crippen MR) is 62.0 cm³/mol. The van der Waals surface area contributed by atoms with Crippen LogP contribution >= 0.6 is 11.6 Å². The summed E-state index contributed by atoms with van der Waals surface area (Å²) >= 11 is 5.44. The minimum atomic E-state index is -0.0862. The van der Waals surface area contributed by atoms with Gasteiger partial charge in [-0.2, -0.15) is 0 Å². The van der Waals surface area contributed by atoms with E-state index in [0.717, 1.165) is 17.8 Å².